The Kier molecular flexibility index (Phi) is 2.96. The van der Waals surface area contributed by atoms with E-state index in [9.17, 15) is 4.79 Å². The van der Waals surface area contributed by atoms with Gasteiger partial charge in [-0.2, -0.15) is 17.6 Å². The van der Waals surface area contributed by atoms with Crippen LogP contribution in [0.1, 0.15) is 12.6 Å². The van der Waals surface area contributed by atoms with Crippen molar-refractivity contribution in [1.29, 1.82) is 0 Å². The van der Waals surface area contributed by atoms with Crippen LogP contribution in [0.4, 0.5) is 5.95 Å². The summed E-state index contributed by atoms with van der Waals surface area (Å²) in [5.74, 6) is 0.0201. The van der Waals surface area contributed by atoms with Crippen LogP contribution in [0.25, 0.3) is 11.2 Å². The Morgan fingerprint density at radius 3 is 3.16 bits per heavy atom. The zero-order valence-electron chi connectivity index (χ0n) is 9.85. The molecule has 19 heavy (non-hydrogen) atoms. The van der Waals surface area contributed by atoms with Gasteiger partial charge in [0, 0.05) is 5.25 Å². The lowest BCUT2D eigenvalue weighted by Crippen LogP contribution is -2.18. The Morgan fingerprint density at radius 2 is 2.47 bits per heavy atom. The molecule has 0 spiro atoms. The van der Waals surface area contributed by atoms with E-state index in [-0.39, 0.29) is 29.4 Å². The monoisotopic (exact) mass is 283 g/mol. The van der Waals surface area contributed by atoms with Crippen LogP contribution in [0, 0.1) is 0 Å². The lowest BCUT2D eigenvalue weighted by atomic mass is 10.2. The van der Waals surface area contributed by atoms with Gasteiger partial charge in [-0.3, -0.25) is 14.3 Å². The number of thiol groups is 1. The van der Waals surface area contributed by atoms with Crippen LogP contribution in [-0.4, -0.2) is 42.6 Å². The number of fused-ring (bicyclic) bond motifs is 1. The second-order valence-corrected chi connectivity index (χ2v) is 5.07. The van der Waals surface area contributed by atoms with Gasteiger partial charge in [0.15, 0.2) is 11.2 Å². The molecule has 1 aliphatic heterocycles. The molecule has 3 heterocycles. The van der Waals surface area contributed by atoms with E-state index in [1.54, 1.807) is 4.57 Å². The molecule has 4 N–H and O–H groups in total. The minimum atomic E-state index is -0.431. The molecule has 8 nitrogen and oxygen atoms in total. The van der Waals surface area contributed by atoms with E-state index in [1.807, 2.05) is 0 Å². The molecule has 2 aromatic heterocycles. The van der Waals surface area contributed by atoms with Crippen LogP contribution in [0.2, 0.25) is 0 Å². The maximum absolute atomic E-state index is 11.7. The SMILES string of the molecule is Nc1nc2c(ncn2C2OC(CO)CC2S)c(=O)[nH]1. The number of rotatable bonds is 2. The van der Waals surface area contributed by atoms with Gasteiger partial charge in [0.05, 0.1) is 19.0 Å². The normalized spacial score (nSPS) is 27.2. The second-order valence-electron chi connectivity index (χ2n) is 4.41. The Labute approximate surface area is 113 Å². The van der Waals surface area contributed by atoms with Crippen LogP contribution in [0.15, 0.2) is 11.1 Å². The summed E-state index contributed by atoms with van der Waals surface area (Å²) in [4.78, 5) is 22.1. The molecular weight excluding hydrogens is 270 g/mol. The summed E-state index contributed by atoms with van der Waals surface area (Å²) in [5, 5.41) is 9.01. The number of H-pyrrole nitrogens is 1. The minimum absolute atomic E-state index is 0.0201. The van der Waals surface area contributed by atoms with Crippen molar-refractivity contribution in [2.24, 2.45) is 0 Å². The van der Waals surface area contributed by atoms with Crippen molar-refractivity contribution < 1.29 is 9.84 Å². The fraction of sp³-hybridized carbons (Fsp3) is 0.500. The predicted molar refractivity (Wildman–Crippen MR) is 70.9 cm³/mol. The van der Waals surface area contributed by atoms with Crippen molar-refractivity contribution in [2.45, 2.75) is 24.0 Å². The first-order chi connectivity index (χ1) is 9.10. The van der Waals surface area contributed by atoms with E-state index in [2.05, 4.69) is 27.6 Å². The largest absolute Gasteiger partial charge is 0.394 e. The van der Waals surface area contributed by atoms with Gasteiger partial charge in [0.1, 0.15) is 6.23 Å². The first-order valence-electron chi connectivity index (χ1n) is 5.77. The van der Waals surface area contributed by atoms with Gasteiger partial charge in [0.25, 0.3) is 5.56 Å². The number of nitrogens with two attached hydrogens (primary N) is 1. The predicted octanol–water partition coefficient (Wildman–Crippen LogP) is -0.720. The number of ether oxygens (including phenoxy) is 1. The molecule has 0 radical (unpaired) electrons. The highest BCUT2D eigenvalue weighted by Gasteiger charge is 2.35. The number of imidazole rings is 1. The highest BCUT2D eigenvalue weighted by molar-refractivity contribution is 7.81. The van der Waals surface area contributed by atoms with Crippen LogP contribution in [-0.2, 0) is 4.74 Å². The highest BCUT2D eigenvalue weighted by Crippen LogP contribution is 2.33. The summed E-state index contributed by atoms with van der Waals surface area (Å²) in [6.07, 6.45) is 1.38. The van der Waals surface area contributed by atoms with Crippen LogP contribution >= 0.6 is 12.6 Å². The molecule has 3 unspecified atom stereocenters. The molecule has 3 atom stereocenters. The van der Waals surface area contributed by atoms with Crippen molar-refractivity contribution in [3.63, 3.8) is 0 Å². The van der Waals surface area contributed by atoms with Crippen molar-refractivity contribution >= 4 is 29.7 Å². The van der Waals surface area contributed by atoms with Gasteiger partial charge in [0.2, 0.25) is 5.95 Å². The standard InChI is InChI=1S/C10H13N5O3S/c11-10-13-7-6(8(17)14-10)12-3-15(7)9-5(19)1-4(2-16)18-9/h3-5,9,16,19H,1-2H2,(H3,11,13,14,17). The Morgan fingerprint density at radius 1 is 1.68 bits per heavy atom. The van der Waals surface area contributed by atoms with E-state index in [0.29, 0.717) is 12.1 Å². The summed E-state index contributed by atoms with van der Waals surface area (Å²) in [5.41, 5.74) is 5.69. The lowest BCUT2D eigenvalue weighted by Gasteiger charge is -2.16. The van der Waals surface area contributed by atoms with Crippen LogP contribution in [0.5, 0.6) is 0 Å². The third-order valence-corrected chi connectivity index (χ3v) is 3.56. The minimum Gasteiger partial charge on any atom is -0.394 e. The molecule has 1 fully saturated rings. The zero-order valence-corrected chi connectivity index (χ0v) is 10.7. The van der Waals surface area contributed by atoms with Crippen molar-refractivity contribution in [2.75, 3.05) is 12.3 Å². The van der Waals surface area contributed by atoms with Crippen molar-refractivity contribution in [1.82, 2.24) is 19.5 Å². The van der Waals surface area contributed by atoms with E-state index in [4.69, 9.17) is 15.6 Å². The van der Waals surface area contributed by atoms with Gasteiger partial charge in [-0.05, 0) is 6.42 Å². The maximum Gasteiger partial charge on any atom is 0.280 e. The third-order valence-electron chi connectivity index (χ3n) is 3.09. The van der Waals surface area contributed by atoms with Crippen molar-refractivity contribution in [3.8, 4) is 0 Å². The number of aromatic amines is 1. The van der Waals surface area contributed by atoms with E-state index >= 15 is 0 Å². The molecule has 1 aliphatic rings. The number of nitrogens with zero attached hydrogens (tertiary/aromatic N) is 3. The molecule has 0 saturated carbocycles. The van der Waals surface area contributed by atoms with Crippen molar-refractivity contribution in [3.05, 3.63) is 16.7 Å². The average Bonchev–Trinajstić information content (AvgIpc) is 2.92. The number of nitrogen functional groups attached to an aromatic ring is 1. The molecule has 0 bridgehead atoms. The third kappa shape index (κ3) is 1.99. The van der Waals surface area contributed by atoms with Gasteiger partial charge in [-0.1, -0.05) is 0 Å². The molecule has 0 amide bonds. The fourth-order valence-corrected chi connectivity index (χ4v) is 2.68. The second kappa shape index (κ2) is 4.51. The molecule has 0 aliphatic carbocycles. The summed E-state index contributed by atoms with van der Waals surface area (Å²) in [6.45, 7) is -0.0731. The number of anilines is 1. The molecule has 102 valence electrons. The van der Waals surface area contributed by atoms with Gasteiger partial charge in [-0.15, -0.1) is 0 Å². The lowest BCUT2D eigenvalue weighted by molar-refractivity contribution is -0.0195. The first kappa shape index (κ1) is 12.5. The molecular formula is C10H13N5O3S. The van der Waals surface area contributed by atoms with Crippen LogP contribution < -0.4 is 11.3 Å². The Balaban J connectivity index is 2.09. The van der Waals surface area contributed by atoms with Crippen LogP contribution in [0.3, 0.4) is 0 Å². The van der Waals surface area contributed by atoms with E-state index < -0.39 is 11.8 Å². The Bertz CT molecular complexity index is 669. The number of hydrogen-bond donors (Lipinski definition) is 4. The number of nitrogens with one attached hydrogen (secondary N) is 1. The van der Waals surface area contributed by atoms with E-state index in [0.717, 1.165) is 0 Å². The molecule has 0 aromatic carbocycles. The van der Waals surface area contributed by atoms with Gasteiger partial charge >= 0.3 is 0 Å². The number of aliphatic hydroxyl groups is 1. The smallest absolute Gasteiger partial charge is 0.280 e. The number of aromatic nitrogens is 4. The molecule has 2 aromatic rings. The summed E-state index contributed by atoms with van der Waals surface area (Å²) >= 11 is 4.43. The zero-order chi connectivity index (χ0) is 13.6. The number of aliphatic hydroxyl groups excluding tert-OH is 1. The molecule has 9 heteroatoms. The topological polar surface area (TPSA) is 119 Å². The first-order valence-corrected chi connectivity index (χ1v) is 6.28. The maximum atomic E-state index is 11.7. The number of hydrogen-bond acceptors (Lipinski definition) is 7. The Hall–Kier alpha value is -1.58. The fourth-order valence-electron chi connectivity index (χ4n) is 2.23. The average molecular weight is 283 g/mol. The highest BCUT2D eigenvalue weighted by atomic mass is 32.1. The van der Waals surface area contributed by atoms with Gasteiger partial charge in [-0.25, -0.2) is 4.98 Å². The van der Waals surface area contributed by atoms with E-state index in [1.165, 1.54) is 6.33 Å². The van der Waals surface area contributed by atoms with Gasteiger partial charge < -0.3 is 15.6 Å². The summed E-state index contributed by atoms with van der Waals surface area (Å²) in [6, 6.07) is 0. The summed E-state index contributed by atoms with van der Waals surface area (Å²) in [7, 11) is 0. The summed E-state index contributed by atoms with van der Waals surface area (Å²) < 4.78 is 7.28. The quantitative estimate of drug-likeness (QED) is 0.540. The molecule has 1 saturated heterocycles. The molecule has 3 rings (SSSR count).